The van der Waals surface area contributed by atoms with Gasteiger partial charge >= 0.3 is 11.9 Å². The molecule has 0 spiro atoms. The molecule has 2 rings (SSSR count). The Hall–Kier alpha value is -1.06. The van der Waals surface area contributed by atoms with Crippen LogP contribution in [0.5, 0.6) is 0 Å². The number of rotatable bonds is 9. The number of carbonyl (C=O) groups is 2. The van der Waals surface area contributed by atoms with Crippen molar-refractivity contribution in [2.24, 2.45) is 23.7 Å². The molecular formula is C22H38O4. The smallest absolute Gasteiger partial charge is 0.309 e. The van der Waals surface area contributed by atoms with Crippen molar-refractivity contribution < 1.29 is 19.4 Å². The summed E-state index contributed by atoms with van der Waals surface area (Å²) in [7, 11) is 0. The molecule has 0 aromatic heterocycles. The Morgan fingerprint density at radius 2 is 1.46 bits per heavy atom. The average Bonchev–Trinajstić information content (AvgIpc) is 2.65. The molecule has 2 aliphatic carbocycles. The van der Waals surface area contributed by atoms with E-state index < -0.39 is 5.97 Å². The number of ether oxygens (including phenoxy) is 1. The summed E-state index contributed by atoms with van der Waals surface area (Å²) in [6, 6.07) is 0. The minimum Gasteiger partial charge on any atom is -0.481 e. The SMILES string of the molecule is CC(OC(=O)C(CCCC(=O)O)C(C)C1CCCCC1)C1CCCCC1. The topological polar surface area (TPSA) is 63.6 Å². The highest BCUT2D eigenvalue weighted by Gasteiger charge is 2.34. The predicted octanol–water partition coefficient (Wildman–Crippen LogP) is 5.59. The van der Waals surface area contributed by atoms with Crippen molar-refractivity contribution in [2.45, 2.75) is 103 Å². The van der Waals surface area contributed by atoms with Crippen LogP contribution in [0.4, 0.5) is 0 Å². The van der Waals surface area contributed by atoms with Crippen molar-refractivity contribution in [2.75, 3.05) is 0 Å². The molecule has 26 heavy (non-hydrogen) atoms. The maximum atomic E-state index is 13.0. The lowest BCUT2D eigenvalue weighted by Crippen LogP contribution is -2.34. The first-order valence-corrected chi connectivity index (χ1v) is 10.9. The van der Waals surface area contributed by atoms with Crippen LogP contribution in [0.3, 0.4) is 0 Å². The molecule has 2 aliphatic rings. The van der Waals surface area contributed by atoms with Crippen molar-refractivity contribution in [3.63, 3.8) is 0 Å². The second kappa shape index (κ2) is 10.9. The quantitative estimate of drug-likeness (QED) is 0.541. The zero-order valence-corrected chi connectivity index (χ0v) is 16.8. The van der Waals surface area contributed by atoms with Gasteiger partial charge in [0.2, 0.25) is 0 Å². The largest absolute Gasteiger partial charge is 0.481 e. The summed E-state index contributed by atoms with van der Waals surface area (Å²) in [6.07, 6.45) is 13.6. The molecule has 4 heteroatoms. The number of carboxylic acids is 1. The van der Waals surface area contributed by atoms with Gasteiger partial charge in [0.25, 0.3) is 0 Å². The van der Waals surface area contributed by atoms with E-state index in [4.69, 9.17) is 9.84 Å². The van der Waals surface area contributed by atoms with E-state index in [-0.39, 0.29) is 30.3 Å². The monoisotopic (exact) mass is 366 g/mol. The van der Waals surface area contributed by atoms with Gasteiger partial charge in [-0.05, 0) is 50.4 Å². The number of aliphatic carboxylic acids is 1. The molecule has 0 aliphatic heterocycles. The van der Waals surface area contributed by atoms with Crippen molar-refractivity contribution in [1.29, 1.82) is 0 Å². The molecule has 0 amide bonds. The van der Waals surface area contributed by atoms with Crippen LogP contribution in [0.1, 0.15) is 97.3 Å². The van der Waals surface area contributed by atoms with Crippen molar-refractivity contribution >= 4 is 11.9 Å². The first-order valence-electron chi connectivity index (χ1n) is 10.9. The van der Waals surface area contributed by atoms with E-state index in [1.54, 1.807) is 0 Å². The van der Waals surface area contributed by atoms with Gasteiger partial charge in [-0.3, -0.25) is 9.59 Å². The summed E-state index contributed by atoms with van der Waals surface area (Å²) in [5, 5.41) is 8.95. The fourth-order valence-corrected chi connectivity index (χ4v) is 5.03. The summed E-state index contributed by atoms with van der Waals surface area (Å²) in [4.78, 5) is 23.9. The number of hydrogen-bond donors (Lipinski definition) is 1. The van der Waals surface area contributed by atoms with E-state index in [1.165, 1.54) is 51.4 Å². The summed E-state index contributed by atoms with van der Waals surface area (Å²) in [6.45, 7) is 4.24. The van der Waals surface area contributed by atoms with Crippen LogP contribution >= 0.6 is 0 Å². The van der Waals surface area contributed by atoms with Gasteiger partial charge in [-0.1, -0.05) is 58.3 Å². The summed E-state index contributed by atoms with van der Waals surface area (Å²) in [5.41, 5.74) is 0. The third-order valence-electron chi connectivity index (χ3n) is 6.85. The first-order chi connectivity index (χ1) is 12.5. The second-order valence-corrected chi connectivity index (χ2v) is 8.69. The first kappa shape index (κ1) is 21.2. The molecule has 3 unspecified atom stereocenters. The minimum atomic E-state index is -0.780. The molecule has 0 heterocycles. The van der Waals surface area contributed by atoms with Crippen molar-refractivity contribution in [1.82, 2.24) is 0 Å². The van der Waals surface area contributed by atoms with Gasteiger partial charge in [0.05, 0.1) is 5.92 Å². The molecule has 4 nitrogen and oxygen atoms in total. The molecule has 0 radical (unpaired) electrons. The maximum Gasteiger partial charge on any atom is 0.309 e. The van der Waals surface area contributed by atoms with Crippen LogP contribution in [-0.2, 0) is 14.3 Å². The number of esters is 1. The van der Waals surface area contributed by atoms with Gasteiger partial charge in [0.15, 0.2) is 0 Å². The molecule has 2 saturated carbocycles. The molecule has 0 aromatic carbocycles. The molecule has 0 aromatic rings. The lowest BCUT2D eigenvalue weighted by Gasteiger charge is -2.34. The Morgan fingerprint density at radius 1 is 0.923 bits per heavy atom. The van der Waals surface area contributed by atoms with Crippen LogP contribution < -0.4 is 0 Å². The lowest BCUT2D eigenvalue weighted by molar-refractivity contribution is -0.160. The van der Waals surface area contributed by atoms with Crippen LogP contribution in [0.25, 0.3) is 0 Å². The van der Waals surface area contributed by atoms with Crippen LogP contribution in [0, 0.1) is 23.7 Å². The van der Waals surface area contributed by atoms with Gasteiger partial charge in [-0.15, -0.1) is 0 Å². The fraction of sp³-hybridized carbons (Fsp3) is 0.909. The van der Waals surface area contributed by atoms with Gasteiger partial charge in [0.1, 0.15) is 6.10 Å². The standard InChI is InChI=1S/C22H38O4/c1-16(18-10-5-3-6-11-18)20(14-9-15-21(23)24)22(25)26-17(2)19-12-7-4-8-13-19/h16-20H,3-15H2,1-2H3,(H,23,24). The Balaban J connectivity index is 1.95. The van der Waals surface area contributed by atoms with E-state index in [0.29, 0.717) is 24.7 Å². The fourth-order valence-electron chi connectivity index (χ4n) is 5.03. The molecule has 2 fully saturated rings. The zero-order chi connectivity index (χ0) is 18.9. The summed E-state index contributed by atoms with van der Waals surface area (Å²) >= 11 is 0. The maximum absolute atomic E-state index is 13.0. The van der Waals surface area contributed by atoms with E-state index >= 15 is 0 Å². The molecule has 3 atom stereocenters. The molecule has 150 valence electrons. The predicted molar refractivity (Wildman–Crippen MR) is 103 cm³/mol. The van der Waals surface area contributed by atoms with Gasteiger partial charge < -0.3 is 9.84 Å². The van der Waals surface area contributed by atoms with E-state index in [9.17, 15) is 9.59 Å². The van der Waals surface area contributed by atoms with Crippen LogP contribution in [0.2, 0.25) is 0 Å². The number of carbonyl (C=O) groups excluding carboxylic acids is 1. The Kier molecular flexibility index (Phi) is 8.94. The van der Waals surface area contributed by atoms with Crippen molar-refractivity contribution in [3.05, 3.63) is 0 Å². The molecule has 0 saturated heterocycles. The summed E-state index contributed by atoms with van der Waals surface area (Å²) < 4.78 is 5.94. The van der Waals surface area contributed by atoms with Crippen LogP contribution in [-0.4, -0.2) is 23.1 Å². The average molecular weight is 367 g/mol. The van der Waals surface area contributed by atoms with E-state index in [0.717, 1.165) is 12.8 Å². The number of hydrogen-bond acceptors (Lipinski definition) is 3. The Bertz CT molecular complexity index is 435. The zero-order valence-electron chi connectivity index (χ0n) is 16.8. The Labute approximate surface area is 159 Å². The van der Waals surface area contributed by atoms with Crippen LogP contribution in [0.15, 0.2) is 0 Å². The molecular weight excluding hydrogens is 328 g/mol. The molecule has 1 N–H and O–H groups in total. The highest BCUT2D eigenvalue weighted by molar-refractivity contribution is 5.73. The lowest BCUT2D eigenvalue weighted by atomic mass is 9.73. The van der Waals surface area contributed by atoms with Crippen molar-refractivity contribution in [3.8, 4) is 0 Å². The van der Waals surface area contributed by atoms with Gasteiger partial charge in [-0.2, -0.15) is 0 Å². The minimum absolute atomic E-state index is 0.0108. The normalized spacial score (nSPS) is 23.2. The molecule has 0 bridgehead atoms. The van der Waals surface area contributed by atoms with E-state index in [2.05, 4.69) is 6.92 Å². The second-order valence-electron chi connectivity index (χ2n) is 8.69. The summed E-state index contributed by atoms with van der Waals surface area (Å²) in [5.74, 6) is 0.358. The number of carboxylic acid groups (broad SMARTS) is 1. The Morgan fingerprint density at radius 3 is 2.00 bits per heavy atom. The highest BCUT2D eigenvalue weighted by atomic mass is 16.5. The third kappa shape index (κ3) is 6.59. The highest BCUT2D eigenvalue weighted by Crippen LogP contribution is 2.37. The van der Waals surface area contributed by atoms with Gasteiger partial charge in [-0.25, -0.2) is 0 Å². The van der Waals surface area contributed by atoms with Gasteiger partial charge in [0, 0.05) is 6.42 Å². The van der Waals surface area contributed by atoms with E-state index in [1.807, 2.05) is 6.92 Å². The third-order valence-corrected chi connectivity index (χ3v) is 6.85.